The fourth-order valence-corrected chi connectivity index (χ4v) is 2.74. The molecule has 0 fully saturated rings. The average molecular weight is 328 g/mol. The molecule has 2 rings (SSSR count). The fraction of sp³-hybridized carbons (Fsp3) is 0.350. The molecule has 0 saturated carbocycles. The molecule has 0 aliphatic rings. The van der Waals surface area contributed by atoms with Crippen molar-refractivity contribution in [3.63, 3.8) is 0 Å². The maximum Gasteiger partial charge on any atom is 0.164 e. The van der Waals surface area contributed by atoms with Gasteiger partial charge in [-0.05, 0) is 73.8 Å². The van der Waals surface area contributed by atoms with Gasteiger partial charge in [0.15, 0.2) is 5.05 Å². The van der Waals surface area contributed by atoms with Crippen molar-refractivity contribution in [2.24, 2.45) is 0 Å². The van der Waals surface area contributed by atoms with Crippen LogP contribution in [0.3, 0.4) is 0 Å². The molecule has 0 N–H and O–H groups in total. The molecule has 0 atom stereocenters. The summed E-state index contributed by atoms with van der Waals surface area (Å²) < 4.78 is 11.7. The van der Waals surface area contributed by atoms with E-state index in [9.17, 15) is 0 Å². The van der Waals surface area contributed by atoms with Crippen molar-refractivity contribution >= 4 is 17.3 Å². The molecule has 2 aromatic carbocycles. The number of ether oxygens (including phenoxy) is 2. The van der Waals surface area contributed by atoms with Crippen molar-refractivity contribution in [3.8, 4) is 11.5 Å². The molecule has 0 unspecified atom stereocenters. The third kappa shape index (κ3) is 4.32. The number of rotatable bonds is 5. The quantitative estimate of drug-likeness (QED) is 0.677. The number of thiocarbonyl (C=S) groups is 1. The standard InChI is InChI=1S/C20H24O2S/c1-6-17-10-15(4)20(11-14(17)3)21-12-18-13(2)8-7-9-19(18)22-16(5)23/h7-11H,6,12H2,1-5H3. The first-order valence-corrected chi connectivity index (χ1v) is 8.33. The summed E-state index contributed by atoms with van der Waals surface area (Å²) in [5, 5.41) is 0.510. The highest BCUT2D eigenvalue weighted by Crippen LogP contribution is 2.27. The predicted octanol–water partition coefficient (Wildman–Crippen LogP) is 5.48. The first-order chi connectivity index (χ1) is 10.9. The van der Waals surface area contributed by atoms with Gasteiger partial charge in [-0.3, -0.25) is 0 Å². The van der Waals surface area contributed by atoms with Crippen LogP contribution in [0.4, 0.5) is 0 Å². The van der Waals surface area contributed by atoms with Crippen molar-refractivity contribution in [3.05, 3.63) is 58.1 Å². The van der Waals surface area contributed by atoms with Crippen molar-refractivity contribution in [2.45, 2.75) is 47.6 Å². The topological polar surface area (TPSA) is 18.5 Å². The van der Waals surface area contributed by atoms with Crippen LogP contribution >= 0.6 is 12.2 Å². The van der Waals surface area contributed by atoms with Gasteiger partial charge in [0.25, 0.3) is 0 Å². The van der Waals surface area contributed by atoms with E-state index in [0.29, 0.717) is 11.7 Å². The highest BCUT2D eigenvalue weighted by molar-refractivity contribution is 7.80. The smallest absolute Gasteiger partial charge is 0.164 e. The van der Waals surface area contributed by atoms with Gasteiger partial charge >= 0.3 is 0 Å². The minimum absolute atomic E-state index is 0.469. The van der Waals surface area contributed by atoms with Crippen LogP contribution in [0.15, 0.2) is 30.3 Å². The summed E-state index contributed by atoms with van der Waals surface area (Å²) in [4.78, 5) is 0. The van der Waals surface area contributed by atoms with Crippen LogP contribution in [0.1, 0.15) is 41.7 Å². The average Bonchev–Trinajstić information content (AvgIpc) is 2.49. The number of aryl methyl sites for hydroxylation is 4. The lowest BCUT2D eigenvalue weighted by Gasteiger charge is -2.16. The Hall–Kier alpha value is -1.87. The van der Waals surface area contributed by atoms with E-state index in [1.165, 1.54) is 11.1 Å². The zero-order valence-electron chi connectivity index (χ0n) is 14.5. The molecule has 0 spiro atoms. The molecule has 2 nitrogen and oxygen atoms in total. The molecular formula is C20H24O2S. The molecular weight excluding hydrogens is 304 g/mol. The first kappa shape index (κ1) is 17.5. The molecule has 0 aliphatic carbocycles. The van der Waals surface area contributed by atoms with Gasteiger partial charge in [-0.1, -0.05) is 25.1 Å². The number of hydrogen-bond donors (Lipinski definition) is 0. The minimum Gasteiger partial charge on any atom is -0.488 e. The molecule has 0 aliphatic heterocycles. The summed E-state index contributed by atoms with van der Waals surface area (Å²) in [7, 11) is 0. The third-order valence-corrected chi connectivity index (χ3v) is 4.09. The molecule has 2 aromatic rings. The Morgan fingerprint density at radius 3 is 2.39 bits per heavy atom. The Morgan fingerprint density at radius 1 is 1.00 bits per heavy atom. The Kier molecular flexibility index (Phi) is 5.78. The van der Waals surface area contributed by atoms with E-state index in [1.807, 2.05) is 12.1 Å². The summed E-state index contributed by atoms with van der Waals surface area (Å²) >= 11 is 5.06. The fourth-order valence-electron chi connectivity index (χ4n) is 2.65. The third-order valence-electron chi connectivity index (χ3n) is 4.01. The zero-order chi connectivity index (χ0) is 17.0. The van der Waals surface area contributed by atoms with Gasteiger partial charge in [0.05, 0.1) is 0 Å². The lowest BCUT2D eigenvalue weighted by atomic mass is 10.0. The van der Waals surface area contributed by atoms with E-state index in [-0.39, 0.29) is 0 Å². The van der Waals surface area contributed by atoms with Crippen LogP contribution in [-0.4, -0.2) is 5.05 Å². The van der Waals surface area contributed by atoms with Gasteiger partial charge in [0.1, 0.15) is 18.1 Å². The monoisotopic (exact) mass is 328 g/mol. The molecule has 0 heterocycles. The van der Waals surface area contributed by atoms with Crippen LogP contribution in [0.25, 0.3) is 0 Å². The maximum absolute atomic E-state index is 6.08. The van der Waals surface area contributed by atoms with Crippen LogP contribution < -0.4 is 9.47 Å². The molecule has 3 heteroatoms. The summed E-state index contributed by atoms with van der Waals surface area (Å²) in [6.45, 7) is 10.7. The van der Waals surface area contributed by atoms with Gasteiger partial charge < -0.3 is 9.47 Å². The van der Waals surface area contributed by atoms with E-state index in [2.05, 4.69) is 45.9 Å². The van der Waals surface area contributed by atoms with Crippen LogP contribution in [0.5, 0.6) is 11.5 Å². The van der Waals surface area contributed by atoms with Crippen LogP contribution in [0.2, 0.25) is 0 Å². The molecule has 0 amide bonds. The van der Waals surface area contributed by atoms with Gasteiger partial charge in [-0.15, -0.1) is 0 Å². The van der Waals surface area contributed by atoms with Gasteiger partial charge in [0.2, 0.25) is 0 Å². The second kappa shape index (κ2) is 7.60. The Balaban J connectivity index is 2.24. The Morgan fingerprint density at radius 2 is 1.74 bits per heavy atom. The molecule has 0 radical (unpaired) electrons. The Bertz CT molecular complexity index is 720. The predicted molar refractivity (Wildman–Crippen MR) is 99.7 cm³/mol. The molecule has 0 bridgehead atoms. The van der Waals surface area contributed by atoms with Crippen LogP contribution in [-0.2, 0) is 13.0 Å². The highest BCUT2D eigenvalue weighted by atomic mass is 32.1. The largest absolute Gasteiger partial charge is 0.488 e. The molecule has 0 saturated heterocycles. The van der Waals surface area contributed by atoms with E-state index in [1.54, 1.807) is 6.92 Å². The zero-order valence-corrected chi connectivity index (χ0v) is 15.3. The summed E-state index contributed by atoms with van der Waals surface area (Å²) in [6.07, 6.45) is 1.04. The SMILES string of the molecule is CCc1cc(C)c(OCc2c(C)cccc2OC(C)=S)cc1C. The van der Waals surface area contributed by atoms with E-state index >= 15 is 0 Å². The van der Waals surface area contributed by atoms with Crippen molar-refractivity contribution in [1.29, 1.82) is 0 Å². The maximum atomic E-state index is 6.08. The lowest BCUT2D eigenvalue weighted by Crippen LogP contribution is -2.06. The van der Waals surface area contributed by atoms with Crippen molar-refractivity contribution in [1.82, 2.24) is 0 Å². The highest BCUT2D eigenvalue weighted by Gasteiger charge is 2.11. The second-order valence-corrected chi connectivity index (χ2v) is 6.41. The van der Waals surface area contributed by atoms with Gasteiger partial charge in [-0.25, -0.2) is 0 Å². The molecule has 23 heavy (non-hydrogen) atoms. The number of benzene rings is 2. The van der Waals surface area contributed by atoms with Gasteiger partial charge in [0, 0.05) is 12.5 Å². The Labute approximate surface area is 144 Å². The van der Waals surface area contributed by atoms with Gasteiger partial charge in [-0.2, -0.15) is 0 Å². The normalized spacial score (nSPS) is 10.5. The minimum atomic E-state index is 0.469. The van der Waals surface area contributed by atoms with Crippen LogP contribution in [0, 0.1) is 20.8 Å². The number of hydrogen-bond acceptors (Lipinski definition) is 3. The summed E-state index contributed by atoms with van der Waals surface area (Å²) in [6, 6.07) is 10.3. The van der Waals surface area contributed by atoms with E-state index < -0.39 is 0 Å². The first-order valence-electron chi connectivity index (χ1n) is 7.92. The summed E-state index contributed by atoms with van der Waals surface area (Å²) in [5.41, 5.74) is 5.97. The summed E-state index contributed by atoms with van der Waals surface area (Å²) in [5.74, 6) is 1.70. The van der Waals surface area contributed by atoms with Crippen molar-refractivity contribution in [2.75, 3.05) is 0 Å². The van der Waals surface area contributed by atoms with E-state index in [0.717, 1.165) is 34.6 Å². The van der Waals surface area contributed by atoms with E-state index in [4.69, 9.17) is 21.7 Å². The lowest BCUT2D eigenvalue weighted by molar-refractivity contribution is 0.299. The molecule has 0 aromatic heterocycles. The van der Waals surface area contributed by atoms with Crippen molar-refractivity contribution < 1.29 is 9.47 Å². The molecule has 122 valence electrons. The second-order valence-electron chi connectivity index (χ2n) is 5.83.